The summed E-state index contributed by atoms with van der Waals surface area (Å²) in [5, 5.41) is 1.64. The molecule has 0 atom stereocenters. The lowest BCUT2D eigenvalue weighted by Gasteiger charge is -2.27. The molecule has 2 aliphatic heterocycles. The number of nitrogens with one attached hydrogen (secondary N) is 2. The van der Waals surface area contributed by atoms with E-state index in [4.69, 9.17) is 37.9 Å². The van der Waals surface area contributed by atoms with Gasteiger partial charge in [-0.1, -0.05) is 6.07 Å². The number of benzene rings is 2. The van der Waals surface area contributed by atoms with Crippen molar-refractivity contribution in [1.82, 2.24) is 16.0 Å². The van der Waals surface area contributed by atoms with Crippen LogP contribution in [0.5, 0.6) is 11.5 Å². The fourth-order valence-corrected chi connectivity index (χ4v) is 5.50. The lowest BCUT2D eigenvalue weighted by Crippen LogP contribution is -2.36. The molecule has 14 heteroatoms. The molecule has 2 aliphatic rings. The van der Waals surface area contributed by atoms with Crippen molar-refractivity contribution in [3.8, 4) is 11.5 Å². The smallest absolute Gasteiger partial charge is 0.168 e. The third kappa shape index (κ3) is 12.7. The highest BCUT2D eigenvalue weighted by Crippen LogP contribution is 2.33. The van der Waals surface area contributed by atoms with Gasteiger partial charge >= 0.3 is 0 Å². The van der Waals surface area contributed by atoms with Crippen molar-refractivity contribution in [3.05, 3.63) is 59.4 Å². The second-order valence-electron chi connectivity index (χ2n) is 11.5. The predicted molar refractivity (Wildman–Crippen MR) is 197 cm³/mol. The molecule has 2 heterocycles. The van der Waals surface area contributed by atoms with E-state index in [0.29, 0.717) is 110 Å². The Labute approximate surface area is 302 Å². The van der Waals surface area contributed by atoms with Crippen molar-refractivity contribution in [2.24, 2.45) is 0 Å². The van der Waals surface area contributed by atoms with Gasteiger partial charge in [0.1, 0.15) is 18.1 Å². The van der Waals surface area contributed by atoms with E-state index in [1.54, 1.807) is 25.3 Å². The highest BCUT2D eigenvalue weighted by Gasteiger charge is 2.20. The molecule has 0 spiro atoms. The number of hydrogen-bond acceptors (Lipinski definition) is 14. The van der Waals surface area contributed by atoms with Gasteiger partial charge in [0.25, 0.3) is 0 Å². The first-order chi connectivity index (χ1) is 25.1. The first kappa shape index (κ1) is 39.9. The SMILES string of the molecule is CCN(CC)c1ccc(/C=C(\C=O)N2C=C(c3ccc(N4CCOCCOCCOCCOCCOCC4)c(OCCOC)c3)NN2)c(OC)c1. The van der Waals surface area contributed by atoms with E-state index < -0.39 is 0 Å². The van der Waals surface area contributed by atoms with Crippen LogP contribution < -0.4 is 30.2 Å². The number of allylic oxidation sites excluding steroid dienone is 1. The van der Waals surface area contributed by atoms with Crippen LogP contribution in [-0.2, 0) is 33.2 Å². The Balaban J connectivity index is 1.53. The molecule has 0 bridgehead atoms. The minimum Gasteiger partial charge on any atom is -0.496 e. The Hall–Kier alpha value is -3.89. The zero-order valence-electron chi connectivity index (χ0n) is 30.5. The molecule has 2 aromatic carbocycles. The van der Waals surface area contributed by atoms with Gasteiger partial charge in [0.15, 0.2) is 6.29 Å². The van der Waals surface area contributed by atoms with Gasteiger partial charge in [-0.2, -0.15) is 0 Å². The summed E-state index contributed by atoms with van der Waals surface area (Å²) in [5.41, 5.74) is 11.0. The molecule has 2 N–H and O–H groups in total. The lowest BCUT2D eigenvalue weighted by atomic mass is 10.1. The van der Waals surface area contributed by atoms with Crippen LogP contribution in [0, 0.1) is 0 Å². The van der Waals surface area contributed by atoms with E-state index >= 15 is 0 Å². The maximum atomic E-state index is 12.3. The zero-order valence-corrected chi connectivity index (χ0v) is 30.5. The molecule has 1 saturated heterocycles. The maximum absolute atomic E-state index is 12.3. The van der Waals surface area contributed by atoms with E-state index in [9.17, 15) is 4.79 Å². The first-order valence-electron chi connectivity index (χ1n) is 17.6. The van der Waals surface area contributed by atoms with Crippen molar-refractivity contribution in [2.45, 2.75) is 13.8 Å². The Morgan fingerprint density at radius 3 is 2.00 bits per heavy atom. The van der Waals surface area contributed by atoms with Gasteiger partial charge in [0, 0.05) is 62.4 Å². The second kappa shape index (κ2) is 22.8. The summed E-state index contributed by atoms with van der Waals surface area (Å²) in [5.74, 6) is 1.37. The molecule has 4 rings (SSSR count). The number of hydrazine groups is 2. The van der Waals surface area contributed by atoms with Gasteiger partial charge in [0.2, 0.25) is 0 Å². The fourth-order valence-electron chi connectivity index (χ4n) is 5.50. The van der Waals surface area contributed by atoms with Crippen LogP contribution in [0.2, 0.25) is 0 Å². The van der Waals surface area contributed by atoms with Gasteiger partial charge in [-0.15, -0.1) is 5.53 Å². The Bertz CT molecular complexity index is 1370. The number of hydrogen-bond donors (Lipinski definition) is 2. The molecule has 0 aromatic heterocycles. The number of anilines is 2. The number of rotatable bonds is 13. The predicted octanol–water partition coefficient (Wildman–Crippen LogP) is 3.33. The van der Waals surface area contributed by atoms with E-state index in [1.165, 1.54) is 0 Å². The Morgan fingerprint density at radius 2 is 1.43 bits per heavy atom. The van der Waals surface area contributed by atoms with Gasteiger partial charge in [-0.05, 0) is 44.2 Å². The number of carbonyl (C=O) groups excluding carboxylic acids is 1. The average molecular weight is 714 g/mol. The van der Waals surface area contributed by atoms with E-state index in [0.717, 1.165) is 47.6 Å². The molecule has 0 aliphatic carbocycles. The van der Waals surface area contributed by atoms with E-state index in [-0.39, 0.29) is 0 Å². The van der Waals surface area contributed by atoms with Gasteiger partial charge < -0.3 is 53.1 Å². The van der Waals surface area contributed by atoms with Crippen LogP contribution in [0.4, 0.5) is 11.4 Å². The molecule has 51 heavy (non-hydrogen) atoms. The molecule has 14 nitrogen and oxygen atoms in total. The summed E-state index contributed by atoms with van der Waals surface area (Å²) in [6.45, 7) is 13.1. The monoisotopic (exact) mass is 713 g/mol. The summed E-state index contributed by atoms with van der Waals surface area (Å²) in [6, 6.07) is 12.0. The fraction of sp³-hybridized carbons (Fsp3) is 0.541. The third-order valence-corrected chi connectivity index (χ3v) is 8.27. The Morgan fingerprint density at radius 1 is 0.804 bits per heavy atom. The first-order valence-corrected chi connectivity index (χ1v) is 17.6. The van der Waals surface area contributed by atoms with Crippen molar-refractivity contribution < 1.29 is 42.7 Å². The summed E-state index contributed by atoms with van der Waals surface area (Å²) < 4.78 is 45.7. The highest BCUT2D eigenvalue weighted by atomic mass is 16.6. The zero-order chi connectivity index (χ0) is 36.1. The molecular formula is C37H55N5O9. The van der Waals surface area contributed by atoms with Gasteiger partial charge in [-0.25, -0.2) is 0 Å². The van der Waals surface area contributed by atoms with Crippen LogP contribution in [-0.4, -0.2) is 131 Å². The number of nitrogens with zero attached hydrogens (tertiary/aromatic N) is 3. The molecule has 0 unspecified atom stereocenters. The number of methoxy groups -OCH3 is 2. The van der Waals surface area contributed by atoms with E-state index in [2.05, 4.69) is 34.6 Å². The summed E-state index contributed by atoms with van der Waals surface area (Å²) >= 11 is 0. The van der Waals surface area contributed by atoms with Crippen LogP contribution in [0.15, 0.2) is 48.3 Å². The quantitative estimate of drug-likeness (QED) is 0.179. The second-order valence-corrected chi connectivity index (χ2v) is 11.5. The molecule has 0 radical (unpaired) electrons. The third-order valence-electron chi connectivity index (χ3n) is 8.27. The summed E-state index contributed by atoms with van der Waals surface area (Å²) in [6.07, 6.45) is 4.43. The van der Waals surface area contributed by atoms with Crippen molar-refractivity contribution in [2.75, 3.05) is 129 Å². The molecular weight excluding hydrogens is 658 g/mol. The van der Waals surface area contributed by atoms with Crippen LogP contribution in [0.25, 0.3) is 11.8 Å². The van der Waals surface area contributed by atoms with E-state index in [1.807, 2.05) is 42.6 Å². The molecule has 1 fully saturated rings. The van der Waals surface area contributed by atoms with Crippen LogP contribution >= 0.6 is 0 Å². The highest BCUT2D eigenvalue weighted by molar-refractivity contribution is 5.83. The molecule has 2 aromatic rings. The molecule has 0 saturated carbocycles. The van der Waals surface area contributed by atoms with Crippen LogP contribution in [0.3, 0.4) is 0 Å². The van der Waals surface area contributed by atoms with Crippen molar-refractivity contribution in [1.29, 1.82) is 0 Å². The average Bonchev–Trinajstić information content (AvgIpc) is 3.65. The topological polar surface area (TPSA) is 125 Å². The Kier molecular flexibility index (Phi) is 17.9. The van der Waals surface area contributed by atoms with Crippen LogP contribution in [0.1, 0.15) is 25.0 Å². The lowest BCUT2D eigenvalue weighted by molar-refractivity contribution is -0.106. The minimum absolute atomic E-state index is 0.371. The molecule has 282 valence electrons. The summed E-state index contributed by atoms with van der Waals surface area (Å²) in [7, 11) is 3.28. The molecule has 0 amide bonds. The number of carbonyl (C=O) groups is 1. The number of aldehydes is 1. The van der Waals surface area contributed by atoms with Crippen molar-refractivity contribution in [3.63, 3.8) is 0 Å². The summed E-state index contributed by atoms with van der Waals surface area (Å²) in [4.78, 5) is 16.8. The van der Waals surface area contributed by atoms with Gasteiger partial charge in [0.05, 0.1) is 96.9 Å². The van der Waals surface area contributed by atoms with Gasteiger partial charge in [-0.3, -0.25) is 9.80 Å². The number of ether oxygens (including phenoxy) is 8. The van der Waals surface area contributed by atoms with Crippen molar-refractivity contribution >= 4 is 29.4 Å². The maximum Gasteiger partial charge on any atom is 0.168 e. The minimum atomic E-state index is 0.371. The standard InChI is InChI=1S/C37H55N5O9/c1-5-40(6-2)32-9-7-31(36(27-32)45-4)25-33(29-43)42-28-34(38-39-42)30-8-10-35(37(26-30)51-24-15-44-3)41-11-13-46-16-18-48-20-22-50-23-21-49-19-17-47-14-12-41/h7-10,25-29,38-39H,5-6,11-24H2,1-4H3/b33-25+. The largest absolute Gasteiger partial charge is 0.496 e. The normalized spacial score (nSPS) is 17.6.